The maximum atomic E-state index is 12.9. The molecule has 0 saturated heterocycles. The zero-order chi connectivity index (χ0) is 14.3. The van der Waals surface area contributed by atoms with Crippen molar-refractivity contribution in [3.05, 3.63) is 64.6 Å². The Hall–Kier alpha value is -1.35. The molecule has 3 heteroatoms. The first-order chi connectivity index (χ1) is 9.06. The zero-order valence-electron chi connectivity index (χ0n) is 11.3. The fourth-order valence-electron chi connectivity index (χ4n) is 1.59. The summed E-state index contributed by atoms with van der Waals surface area (Å²) in [5.74, 6) is -0.231. The fraction of sp³-hybridized carbons (Fsp3) is 0.250. The lowest BCUT2D eigenvalue weighted by Gasteiger charge is -2.12. The second kappa shape index (κ2) is 7.95. The van der Waals surface area contributed by atoms with Gasteiger partial charge in [0.25, 0.3) is 0 Å². The van der Waals surface area contributed by atoms with Crippen molar-refractivity contribution < 1.29 is 4.39 Å². The SMILES string of the molecule is C=CC/C(Nc1ccc(F)cc1)=C(C)\C=C(\Br)CC. The van der Waals surface area contributed by atoms with E-state index < -0.39 is 0 Å². The van der Waals surface area contributed by atoms with Gasteiger partial charge in [-0.2, -0.15) is 0 Å². The number of halogens is 2. The highest BCUT2D eigenvalue weighted by atomic mass is 79.9. The molecule has 1 nitrogen and oxygen atoms in total. The summed E-state index contributed by atoms with van der Waals surface area (Å²) in [5, 5.41) is 3.31. The van der Waals surface area contributed by atoms with Gasteiger partial charge in [0.1, 0.15) is 5.82 Å². The molecule has 0 aromatic heterocycles. The van der Waals surface area contributed by atoms with E-state index in [1.165, 1.54) is 12.1 Å². The molecule has 0 spiro atoms. The molecule has 0 aliphatic heterocycles. The molecule has 0 saturated carbocycles. The van der Waals surface area contributed by atoms with Gasteiger partial charge in [0, 0.05) is 17.8 Å². The van der Waals surface area contributed by atoms with Gasteiger partial charge in [-0.15, -0.1) is 6.58 Å². The first-order valence-electron chi connectivity index (χ1n) is 6.26. The zero-order valence-corrected chi connectivity index (χ0v) is 12.9. The van der Waals surface area contributed by atoms with Gasteiger partial charge in [-0.3, -0.25) is 0 Å². The average Bonchev–Trinajstić information content (AvgIpc) is 2.40. The van der Waals surface area contributed by atoms with E-state index in [2.05, 4.69) is 40.8 Å². The summed E-state index contributed by atoms with van der Waals surface area (Å²) < 4.78 is 14.0. The fourth-order valence-corrected chi connectivity index (χ4v) is 1.93. The van der Waals surface area contributed by atoms with E-state index in [1.54, 1.807) is 12.1 Å². The largest absolute Gasteiger partial charge is 0.358 e. The Morgan fingerprint density at radius 3 is 2.53 bits per heavy atom. The van der Waals surface area contributed by atoms with E-state index in [9.17, 15) is 4.39 Å². The molecule has 1 N–H and O–H groups in total. The molecule has 0 fully saturated rings. The number of allylic oxidation sites excluding steroid dienone is 4. The van der Waals surface area contributed by atoms with Gasteiger partial charge in [0.05, 0.1) is 0 Å². The van der Waals surface area contributed by atoms with E-state index in [0.717, 1.165) is 34.3 Å². The minimum Gasteiger partial charge on any atom is -0.358 e. The molecule has 0 unspecified atom stereocenters. The number of rotatable bonds is 6. The highest BCUT2D eigenvalue weighted by Gasteiger charge is 2.01. The van der Waals surface area contributed by atoms with Gasteiger partial charge in [-0.05, 0) is 53.7 Å². The second-order valence-electron chi connectivity index (χ2n) is 4.23. The molecular weight excluding hydrogens is 305 g/mol. The van der Waals surface area contributed by atoms with Crippen molar-refractivity contribution in [3.63, 3.8) is 0 Å². The van der Waals surface area contributed by atoms with Crippen LogP contribution in [-0.4, -0.2) is 0 Å². The van der Waals surface area contributed by atoms with Crippen LogP contribution in [0.25, 0.3) is 0 Å². The van der Waals surface area contributed by atoms with Crippen molar-refractivity contribution >= 4 is 21.6 Å². The Morgan fingerprint density at radius 1 is 1.37 bits per heavy atom. The van der Waals surface area contributed by atoms with Crippen LogP contribution in [-0.2, 0) is 0 Å². The van der Waals surface area contributed by atoms with Crippen LogP contribution in [0.15, 0.2) is 58.7 Å². The third kappa shape index (κ3) is 5.43. The van der Waals surface area contributed by atoms with Crippen LogP contribution in [0.1, 0.15) is 26.7 Å². The lowest BCUT2D eigenvalue weighted by molar-refractivity contribution is 0.628. The first-order valence-corrected chi connectivity index (χ1v) is 7.05. The molecule has 1 aromatic rings. The number of hydrogen-bond acceptors (Lipinski definition) is 1. The van der Waals surface area contributed by atoms with Crippen LogP contribution in [0.4, 0.5) is 10.1 Å². The van der Waals surface area contributed by atoms with Crippen LogP contribution < -0.4 is 5.32 Å². The van der Waals surface area contributed by atoms with Gasteiger partial charge in [-0.1, -0.05) is 28.9 Å². The van der Waals surface area contributed by atoms with Gasteiger partial charge in [-0.25, -0.2) is 4.39 Å². The molecule has 19 heavy (non-hydrogen) atoms. The third-order valence-corrected chi connectivity index (χ3v) is 3.46. The lowest BCUT2D eigenvalue weighted by Crippen LogP contribution is -2.01. The van der Waals surface area contributed by atoms with E-state index in [0.29, 0.717) is 0 Å². The highest BCUT2D eigenvalue weighted by Crippen LogP contribution is 2.20. The quantitative estimate of drug-likeness (QED) is 0.517. The monoisotopic (exact) mass is 323 g/mol. The van der Waals surface area contributed by atoms with Crippen molar-refractivity contribution in [1.29, 1.82) is 0 Å². The molecule has 102 valence electrons. The maximum absolute atomic E-state index is 12.9. The maximum Gasteiger partial charge on any atom is 0.123 e. The second-order valence-corrected chi connectivity index (χ2v) is 5.25. The van der Waals surface area contributed by atoms with Crippen molar-refractivity contribution in [2.45, 2.75) is 26.7 Å². The van der Waals surface area contributed by atoms with E-state index in [4.69, 9.17) is 0 Å². The summed E-state index contributed by atoms with van der Waals surface area (Å²) in [6.07, 6.45) is 5.64. The predicted molar refractivity (Wildman–Crippen MR) is 84.8 cm³/mol. The van der Waals surface area contributed by atoms with E-state index >= 15 is 0 Å². The minimum absolute atomic E-state index is 0.231. The van der Waals surface area contributed by atoms with Gasteiger partial charge in [0.15, 0.2) is 0 Å². The topological polar surface area (TPSA) is 12.0 Å². The van der Waals surface area contributed by atoms with Crippen molar-refractivity contribution in [1.82, 2.24) is 0 Å². The smallest absolute Gasteiger partial charge is 0.123 e. The molecule has 0 bridgehead atoms. The van der Waals surface area contributed by atoms with Gasteiger partial charge >= 0.3 is 0 Å². The molecule has 0 radical (unpaired) electrons. The summed E-state index contributed by atoms with van der Waals surface area (Å²) >= 11 is 3.52. The molecular formula is C16H19BrFN. The molecule has 0 amide bonds. The summed E-state index contributed by atoms with van der Waals surface area (Å²) in [6, 6.07) is 6.34. The van der Waals surface area contributed by atoms with Gasteiger partial charge in [0.2, 0.25) is 0 Å². The summed E-state index contributed by atoms with van der Waals surface area (Å²) in [5.41, 5.74) is 3.07. The van der Waals surface area contributed by atoms with Crippen LogP contribution >= 0.6 is 15.9 Å². The first kappa shape index (κ1) is 15.7. The summed E-state index contributed by atoms with van der Waals surface area (Å²) in [4.78, 5) is 0. The molecule has 0 aliphatic rings. The Kier molecular flexibility index (Phi) is 6.57. The van der Waals surface area contributed by atoms with Crippen LogP contribution in [0, 0.1) is 5.82 Å². The molecule has 0 heterocycles. The van der Waals surface area contributed by atoms with Gasteiger partial charge < -0.3 is 5.32 Å². The third-order valence-electron chi connectivity index (χ3n) is 2.67. The molecule has 0 aliphatic carbocycles. The standard InChI is InChI=1S/C16H19BrFN/c1-4-6-16(12(3)11-13(17)5-2)19-15-9-7-14(18)8-10-15/h4,7-11,19H,1,5-6H2,2-3H3/b13-11+,16-12+. The van der Waals surface area contributed by atoms with E-state index in [-0.39, 0.29) is 5.82 Å². The lowest BCUT2D eigenvalue weighted by atomic mass is 10.1. The number of nitrogens with one attached hydrogen (secondary N) is 1. The Labute approximate surface area is 123 Å². The van der Waals surface area contributed by atoms with E-state index in [1.807, 2.05) is 13.0 Å². The molecule has 0 atom stereocenters. The Balaban J connectivity index is 2.97. The normalized spacial score (nSPS) is 12.9. The van der Waals surface area contributed by atoms with Crippen LogP contribution in [0.2, 0.25) is 0 Å². The minimum atomic E-state index is -0.231. The van der Waals surface area contributed by atoms with Crippen LogP contribution in [0.3, 0.4) is 0 Å². The number of hydrogen-bond donors (Lipinski definition) is 1. The summed E-state index contributed by atoms with van der Waals surface area (Å²) in [7, 11) is 0. The van der Waals surface area contributed by atoms with Crippen LogP contribution in [0.5, 0.6) is 0 Å². The Bertz CT molecular complexity index is 486. The highest BCUT2D eigenvalue weighted by molar-refractivity contribution is 9.11. The Morgan fingerprint density at radius 2 is 2.00 bits per heavy atom. The van der Waals surface area contributed by atoms with Crippen molar-refractivity contribution in [2.24, 2.45) is 0 Å². The molecule has 1 rings (SSSR count). The molecule has 1 aromatic carbocycles. The average molecular weight is 324 g/mol. The van der Waals surface area contributed by atoms with Crippen molar-refractivity contribution in [2.75, 3.05) is 5.32 Å². The van der Waals surface area contributed by atoms with Crippen molar-refractivity contribution in [3.8, 4) is 0 Å². The number of benzene rings is 1. The summed E-state index contributed by atoms with van der Waals surface area (Å²) in [6.45, 7) is 7.91. The predicted octanol–water partition coefficient (Wildman–Crippen LogP) is 5.78. The number of anilines is 1.